The maximum absolute atomic E-state index is 6.11. The number of nitrogens with zero attached hydrogens (tertiary/aromatic N) is 1. The van der Waals surface area contributed by atoms with Gasteiger partial charge in [0.1, 0.15) is 0 Å². The van der Waals surface area contributed by atoms with Crippen molar-refractivity contribution in [2.24, 2.45) is 16.6 Å². The molecule has 0 saturated heterocycles. The topological polar surface area (TPSA) is 50.4 Å². The van der Waals surface area contributed by atoms with Crippen molar-refractivity contribution in [2.45, 2.75) is 26.8 Å². The Bertz CT molecular complexity index is 388. The summed E-state index contributed by atoms with van der Waals surface area (Å²) >= 11 is 6.11. The summed E-state index contributed by atoms with van der Waals surface area (Å²) in [4.78, 5) is 4.26. The molecule has 0 saturated carbocycles. The molecule has 1 atom stereocenters. The van der Waals surface area contributed by atoms with E-state index in [0.717, 1.165) is 17.1 Å². The Hall–Kier alpha value is -1.22. The molecule has 0 aliphatic carbocycles. The molecule has 1 unspecified atom stereocenters. The minimum atomic E-state index is 0.0552. The Balaban J connectivity index is 2.63. The average Bonchev–Trinajstić information content (AvgIpc) is 2.26. The highest BCUT2D eigenvalue weighted by molar-refractivity contribution is 6.31. The quantitative estimate of drug-likeness (QED) is 0.640. The largest absolute Gasteiger partial charge is 0.370 e. The van der Waals surface area contributed by atoms with Crippen LogP contribution in [0.25, 0.3) is 0 Å². The van der Waals surface area contributed by atoms with E-state index < -0.39 is 0 Å². The van der Waals surface area contributed by atoms with Crippen LogP contribution in [-0.4, -0.2) is 12.5 Å². The summed E-state index contributed by atoms with van der Waals surface area (Å²) in [7, 11) is 0. The number of nitrogens with one attached hydrogen (secondary N) is 1. The Morgan fingerprint density at radius 2 is 2.00 bits per heavy atom. The number of halogens is 1. The second-order valence-corrected chi connectivity index (χ2v) is 4.91. The van der Waals surface area contributed by atoms with E-state index in [0.29, 0.717) is 11.9 Å². The van der Waals surface area contributed by atoms with Crippen LogP contribution in [0.15, 0.2) is 29.3 Å². The van der Waals surface area contributed by atoms with E-state index in [1.807, 2.05) is 31.2 Å². The van der Waals surface area contributed by atoms with Crippen molar-refractivity contribution in [1.82, 2.24) is 5.32 Å². The van der Waals surface area contributed by atoms with Crippen LogP contribution in [0.4, 0.5) is 0 Å². The van der Waals surface area contributed by atoms with Gasteiger partial charge in [0.25, 0.3) is 0 Å². The van der Waals surface area contributed by atoms with Crippen LogP contribution in [0.3, 0.4) is 0 Å². The standard InChI is InChI=1S/C13H20ClN3/c1-9(2)8-16-13(15)17-10(3)11-6-4-5-7-12(11)14/h4-7,9-10H,8H2,1-3H3,(H3,15,16,17). The zero-order valence-electron chi connectivity index (χ0n) is 10.6. The van der Waals surface area contributed by atoms with Crippen molar-refractivity contribution in [2.75, 3.05) is 6.54 Å². The Morgan fingerprint density at radius 1 is 1.35 bits per heavy atom. The van der Waals surface area contributed by atoms with Crippen molar-refractivity contribution in [1.29, 1.82) is 0 Å². The maximum atomic E-state index is 6.11. The Labute approximate surface area is 108 Å². The molecule has 1 rings (SSSR count). The van der Waals surface area contributed by atoms with Crippen molar-refractivity contribution in [3.8, 4) is 0 Å². The number of rotatable bonds is 4. The van der Waals surface area contributed by atoms with Gasteiger partial charge in [0.15, 0.2) is 5.96 Å². The first-order valence-electron chi connectivity index (χ1n) is 5.81. The first-order chi connectivity index (χ1) is 8.00. The van der Waals surface area contributed by atoms with Gasteiger partial charge in [-0.1, -0.05) is 43.6 Å². The SMILES string of the molecule is CC(C)CN=C(N)NC(C)c1ccccc1Cl. The van der Waals surface area contributed by atoms with Crippen molar-refractivity contribution in [3.05, 3.63) is 34.9 Å². The van der Waals surface area contributed by atoms with Crippen LogP contribution < -0.4 is 11.1 Å². The number of nitrogens with two attached hydrogens (primary N) is 1. The molecule has 3 nitrogen and oxygen atoms in total. The lowest BCUT2D eigenvalue weighted by Gasteiger charge is -2.16. The van der Waals surface area contributed by atoms with E-state index in [-0.39, 0.29) is 6.04 Å². The highest BCUT2D eigenvalue weighted by Gasteiger charge is 2.09. The second-order valence-electron chi connectivity index (χ2n) is 4.51. The molecule has 1 aromatic rings. The van der Waals surface area contributed by atoms with Gasteiger partial charge in [-0.05, 0) is 24.5 Å². The van der Waals surface area contributed by atoms with E-state index in [4.69, 9.17) is 17.3 Å². The lowest BCUT2D eigenvalue weighted by Crippen LogP contribution is -2.34. The summed E-state index contributed by atoms with van der Waals surface area (Å²) in [5.74, 6) is 0.970. The average molecular weight is 254 g/mol. The summed E-state index contributed by atoms with van der Waals surface area (Å²) in [6.45, 7) is 6.95. The van der Waals surface area contributed by atoms with Crippen molar-refractivity contribution >= 4 is 17.6 Å². The van der Waals surface area contributed by atoms with Crippen LogP contribution in [0, 0.1) is 5.92 Å². The molecule has 17 heavy (non-hydrogen) atoms. The fourth-order valence-corrected chi connectivity index (χ4v) is 1.75. The molecule has 0 amide bonds. The first-order valence-corrected chi connectivity index (χ1v) is 6.19. The van der Waals surface area contributed by atoms with Crippen LogP contribution in [0.2, 0.25) is 5.02 Å². The number of guanidine groups is 1. The second kappa shape index (κ2) is 6.50. The lowest BCUT2D eigenvalue weighted by molar-refractivity contribution is 0.652. The van der Waals surface area contributed by atoms with Gasteiger partial charge in [-0.25, -0.2) is 0 Å². The van der Waals surface area contributed by atoms with Crippen LogP contribution >= 0.6 is 11.6 Å². The number of aliphatic imine (C=N–C) groups is 1. The van der Waals surface area contributed by atoms with Gasteiger partial charge < -0.3 is 11.1 Å². The molecule has 0 radical (unpaired) electrons. The molecule has 94 valence electrons. The van der Waals surface area contributed by atoms with Gasteiger partial charge in [-0.15, -0.1) is 0 Å². The Kier molecular flexibility index (Phi) is 5.29. The molecule has 0 fully saturated rings. The molecular formula is C13H20ClN3. The van der Waals surface area contributed by atoms with Crippen molar-refractivity contribution < 1.29 is 0 Å². The minimum Gasteiger partial charge on any atom is -0.370 e. The molecule has 4 heteroatoms. The first kappa shape index (κ1) is 13.8. The minimum absolute atomic E-state index is 0.0552. The normalized spacial score (nSPS) is 13.8. The third-order valence-corrected chi connectivity index (χ3v) is 2.71. The van der Waals surface area contributed by atoms with Gasteiger partial charge in [-0.3, -0.25) is 4.99 Å². The molecule has 3 N–H and O–H groups in total. The van der Waals surface area contributed by atoms with E-state index >= 15 is 0 Å². The zero-order valence-corrected chi connectivity index (χ0v) is 11.3. The predicted octanol–water partition coefficient (Wildman–Crippen LogP) is 2.96. The van der Waals surface area contributed by atoms with Gasteiger partial charge in [0.05, 0.1) is 6.04 Å². The van der Waals surface area contributed by atoms with Crippen LogP contribution in [0.5, 0.6) is 0 Å². The number of benzene rings is 1. The smallest absolute Gasteiger partial charge is 0.189 e. The van der Waals surface area contributed by atoms with Crippen LogP contribution in [-0.2, 0) is 0 Å². The van der Waals surface area contributed by atoms with Gasteiger partial charge >= 0.3 is 0 Å². The van der Waals surface area contributed by atoms with E-state index in [9.17, 15) is 0 Å². The van der Waals surface area contributed by atoms with E-state index in [1.165, 1.54) is 0 Å². The summed E-state index contributed by atoms with van der Waals surface area (Å²) in [6.07, 6.45) is 0. The van der Waals surface area contributed by atoms with Gasteiger partial charge in [-0.2, -0.15) is 0 Å². The fourth-order valence-electron chi connectivity index (χ4n) is 1.45. The molecular weight excluding hydrogens is 234 g/mol. The molecule has 0 bridgehead atoms. The lowest BCUT2D eigenvalue weighted by atomic mass is 10.1. The third-order valence-electron chi connectivity index (χ3n) is 2.36. The summed E-state index contributed by atoms with van der Waals surface area (Å²) in [6, 6.07) is 7.78. The molecule has 1 aromatic carbocycles. The van der Waals surface area contributed by atoms with E-state index in [1.54, 1.807) is 0 Å². The molecule has 0 heterocycles. The summed E-state index contributed by atoms with van der Waals surface area (Å²) < 4.78 is 0. The van der Waals surface area contributed by atoms with Gasteiger partial charge in [0.2, 0.25) is 0 Å². The van der Waals surface area contributed by atoms with Crippen molar-refractivity contribution in [3.63, 3.8) is 0 Å². The summed E-state index contributed by atoms with van der Waals surface area (Å²) in [5.41, 5.74) is 6.83. The molecule has 0 aliphatic heterocycles. The summed E-state index contributed by atoms with van der Waals surface area (Å²) in [5, 5.41) is 3.88. The monoisotopic (exact) mass is 253 g/mol. The number of hydrogen-bond donors (Lipinski definition) is 2. The maximum Gasteiger partial charge on any atom is 0.189 e. The molecule has 0 aromatic heterocycles. The Morgan fingerprint density at radius 3 is 2.59 bits per heavy atom. The molecule has 0 spiro atoms. The predicted molar refractivity (Wildman–Crippen MR) is 74.3 cm³/mol. The van der Waals surface area contributed by atoms with Crippen LogP contribution in [0.1, 0.15) is 32.4 Å². The zero-order chi connectivity index (χ0) is 12.8. The highest BCUT2D eigenvalue weighted by Crippen LogP contribution is 2.21. The third kappa shape index (κ3) is 4.65. The number of hydrogen-bond acceptors (Lipinski definition) is 1. The van der Waals surface area contributed by atoms with E-state index in [2.05, 4.69) is 24.2 Å². The van der Waals surface area contributed by atoms with Gasteiger partial charge in [0, 0.05) is 11.6 Å². The fraction of sp³-hybridized carbons (Fsp3) is 0.462. The highest BCUT2D eigenvalue weighted by atomic mass is 35.5. The molecule has 0 aliphatic rings.